The molecule has 3 aromatic carbocycles. The first kappa shape index (κ1) is 22.4. The van der Waals surface area contributed by atoms with Crippen LogP contribution >= 0.6 is 0 Å². The van der Waals surface area contributed by atoms with Crippen LogP contribution < -0.4 is 15.0 Å². The highest BCUT2D eigenvalue weighted by Gasteiger charge is 2.25. The minimum absolute atomic E-state index is 0.0478. The Labute approximate surface area is 194 Å². The van der Waals surface area contributed by atoms with Crippen LogP contribution in [0.3, 0.4) is 0 Å². The van der Waals surface area contributed by atoms with Crippen LogP contribution in [0.1, 0.15) is 28.4 Å². The van der Waals surface area contributed by atoms with E-state index in [-0.39, 0.29) is 24.3 Å². The van der Waals surface area contributed by atoms with Gasteiger partial charge in [-0.05, 0) is 42.0 Å². The molecule has 0 radical (unpaired) electrons. The van der Waals surface area contributed by atoms with Crippen molar-refractivity contribution in [3.63, 3.8) is 0 Å². The van der Waals surface area contributed by atoms with Crippen molar-refractivity contribution in [1.82, 2.24) is 10.2 Å². The Morgan fingerprint density at radius 2 is 1.45 bits per heavy atom. The zero-order valence-corrected chi connectivity index (χ0v) is 18.8. The van der Waals surface area contributed by atoms with E-state index < -0.39 is 0 Å². The lowest BCUT2D eigenvalue weighted by Gasteiger charge is -2.36. The first-order valence-corrected chi connectivity index (χ1v) is 11.2. The first-order chi connectivity index (χ1) is 16.1. The van der Waals surface area contributed by atoms with Gasteiger partial charge in [0.1, 0.15) is 5.75 Å². The van der Waals surface area contributed by atoms with Crippen LogP contribution in [0.25, 0.3) is 0 Å². The maximum atomic E-state index is 13.2. The smallest absolute Gasteiger partial charge is 0.251 e. The number of carbonyl (C=O) groups is 2. The number of anilines is 1. The molecule has 0 aliphatic carbocycles. The summed E-state index contributed by atoms with van der Waals surface area (Å²) in [6, 6.07) is 26.4. The molecule has 1 heterocycles. The third-order valence-electron chi connectivity index (χ3n) is 5.99. The molecule has 0 saturated carbocycles. The summed E-state index contributed by atoms with van der Waals surface area (Å²) in [4.78, 5) is 30.1. The van der Waals surface area contributed by atoms with Gasteiger partial charge in [-0.15, -0.1) is 0 Å². The SMILES string of the molecule is COc1ccc(N2CCN(C(=O)C[C@H](NC(=O)c3ccccc3)c3ccccc3)CC2)cc1. The second-order valence-electron chi connectivity index (χ2n) is 8.07. The van der Waals surface area contributed by atoms with Crippen LogP contribution in [-0.4, -0.2) is 50.0 Å². The van der Waals surface area contributed by atoms with E-state index in [1.54, 1.807) is 19.2 Å². The molecule has 1 aliphatic rings. The number of hydrogen-bond donors (Lipinski definition) is 1. The summed E-state index contributed by atoms with van der Waals surface area (Å²) in [5, 5.41) is 3.06. The van der Waals surface area contributed by atoms with Gasteiger partial charge in [-0.25, -0.2) is 0 Å². The van der Waals surface area contributed by atoms with Gasteiger partial charge >= 0.3 is 0 Å². The van der Waals surface area contributed by atoms with Crippen molar-refractivity contribution in [3.05, 3.63) is 96.1 Å². The Balaban J connectivity index is 1.39. The van der Waals surface area contributed by atoms with Crippen molar-refractivity contribution in [2.45, 2.75) is 12.5 Å². The molecule has 4 rings (SSSR count). The third-order valence-corrected chi connectivity index (χ3v) is 5.99. The monoisotopic (exact) mass is 443 g/mol. The van der Waals surface area contributed by atoms with E-state index in [4.69, 9.17) is 4.74 Å². The Bertz CT molecular complexity index is 1050. The number of nitrogens with zero attached hydrogens (tertiary/aromatic N) is 2. The minimum atomic E-state index is -0.383. The van der Waals surface area contributed by atoms with E-state index >= 15 is 0 Å². The van der Waals surface area contributed by atoms with Gasteiger partial charge in [0.25, 0.3) is 5.91 Å². The van der Waals surface area contributed by atoms with Crippen LogP contribution in [0.2, 0.25) is 0 Å². The number of carbonyl (C=O) groups excluding carboxylic acids is 2. The van der Waals surface area contributed by atoms with Gasteiger partial charge in [-0.2, -0.15) is 0 Å². The molecule has 0 aromatic heterocycles. The van der Waals surface area contributed by atoms with Gasteiger partial charge in [-0.1, -0.05) is 48.5 Å². The summed E-state index contributed by atoms with van der Waals surface area (Å²) in [5.74, 6) is 0.699. The van der Waals surface area contributed by atoms with Crippen LogP contribution in [-0.2, 0) is 4.79 Å². The highest BCUT2D eigenvalue weighted by Crippen LogP contribution is 2.22. The maximum absolute atomic E-state index is 13.2. The third kappa shape index (κ3) is 5.71. The molecule has 1 fully saturated rings. The van der Waals surface area contributed by atoms with E-state index in [0.717, 1.165) is 30.1 Å². The molecule has 3 aromatic rings. The molecule has 0 unspecified atom stereocenters. The maximum Gasteiger partial charge on any atom is 0.251 e. The second-order valence-corrected chi connectivity index (χ2v) is 8.07. The van der Waals surface area contributed by atoms with Crippen molar-refractivity contribution in [3.8, 4) is 5.75 Å². The second kappa shape index (κ2) is 10.7. The van der Waals surface area contributed by atoms with Gasteiger partial charge < -0.3 is 19.9 Å². The number of benzene rings is 3. The molecule has 1 saturated heterocycles. The van der Waals surface area contributed by atoms with E-state index in [0.29, 0.717) is 18.7 Å². The molecule has 6 heteroatoms. The standard InChI is InChI=1S/C27H29N3O3/c1-33-24-14-12-23(13-15-24)29-16-18-30(19-17-29)26(31)20-25(21-8-4-2-5-9-21)28-27(32)22-10-6-3-7-11-22/h2-15,25H,16-20H2,1H3,(H,28,32)/t25-/m0/s1. The van der Waals surface area contributed by atoms with Gasteiger partial charge in [0, 0.05) is 37.4 Å². The van der Waals surface area contributed by atoms with Crippen LogP contribution in [0.15, 0.2) is 84.9 Å². The normalized spacial score (nSPS) is 14.5. The minimum Gasteiger partial charge on any atom is -0.497 e. The number of nitrogens with one attached hydrogen (secondary N) is 1. The van der Waals surface area contributed by atoms with Crippen molar-refractivity contribution in [2.75, 3.05) is 38.2 Å². The van der Waals surface area contributed by atoms with Crippen LogP contribution in [0, 0.1) is 0 Å². The van der Waals surface area contributed by atoms with Crippen molar-refractivity contribution < 1.29 is 14.3 Å². The molecule has 1 atom stereocenters. The van der Waals surface area contributed by atoms with Crippen LogP contribution in [0.5, 0.6) is 5.75 Å². The van der Waals surface area contributed by atoms with Gasteiger partial charge in [0.05, 0.1) is 19.6 Å². The quantitative estimate of drug-likeness (QED) is 0.602. The van der Waals surface area contributed by atoms with Crippen molar-refractivity contribution in [2.24, 2.45) is 0 Å². The zero-order valence-electron chi connectivity index (χ0n) is 18.8. The fraction of sp³-hybridized carbons (Fsp3) is 0.259. The Morgan fingerprint density at radius 3 is 2.06 bits per heavy atom. The molecule has 33 heavy (non-hydrogen) atoms. The summed E-state index contributed by atoms with van der Waals surface area (Å²) in [6.45, 7) is 2.84. The largest absolute Gasteiger partial charge is 0.497 e. The van der Waals surface area contributed by atoms with E-state index in [9.17, 15) is 9.59 Å². The number of piperazine rings is 1. The Kier molecular flexibility index (Phi) is 7.25. The number of rotatable bonds is 7. The van der Waals surface area contributed by atoms with Gasteiger partial charge in [0.15, 0.2) is 0 Å². The lowest BCUT2D eigenvalue weighted by atomic mass is 10.0. The van der Waals surface area contributed by atoms with Gasteiger partial charge in [0.2, 0.25) is 5.91 Å². The summed E-state index contributed by atoms with van der Waals surface area (Å²) in [5.41, 5.74) is 2.63. The van der Waals surface area contributed by atoms with E-state index in [2.05, 4.69) is 10.2 Å². The first-order valence-electron chi connectivity index (χ1n) is 11.2. The van der Waals surface area contributed by atoms with Crippen molar-refractivity contribution in [1.29, 1.82) is 0 Å². The number of amides is 2. The summed E-state index contributed by atoms with van der Waals surface area (Å²) in [6.07, 6.45) is 0.227. The summed E-state index contributed by atoms with van der Waals surface area (Å²) >= 11 is 0. The highest BCUT2D eigenvalue weighted by molar-refractivity contribution is 5.94. The van der Waals surface area contributed by atoms with Crippen LogP contribution in [0.4, 0.5) is 5.69 Å². The molecule has 1 aliphatic heterocycles. The molecule has 1 N–H and O–H groups in total. The molecule has 170 valence electrons. The fourth-order valence-electron chi connectivity index (χ4n) is 4.08. The van der Waals surface area contributed by atoms with E-state index in [1.165, 1.54) is 0 Å². The molecular weight excluding hydrogens is 414 g/mol. The topological polar surface area (TPSA) is 61.9 Å². The van der Waals surface area contributed by atoms with Crippen molar-refractivity contribution >= 4 is 17.5 Å². The molecule has 0 bridgehead atoms. The highest BCUT2D eigenvalue weighted by atomic mass is 16.5. The lowest BCUT2D eigenvalue weighted by molar-refractivity contribution is -0.132. The molecule has 6 nitrogen and oxygen atoms in total. The number of methoxy groups -OCH3 is 1. The summed E-state index contributed by atoms with van der Waals surface area (Å²) in [7, 11) is 1.66. The lowest BCUT2D eigenvalue weighted by Crippen LogP contribution is -2.49. The Hall–Kier alpha value is -3.80. The number of ether oxygens (including phenoxy) is 1. The molecule has 0 spiro atoms. The molecular formula is C27H29N3O3. The average molecular weight is 444 g/mol. The Morgan fingerprint density at radius 1 is 0.848 bits per heavy atom. The predicted molar refractivity (Wildman–Crippen MR) is 129 cm³/mol. The zero-order chi connectivity index (χ0) is 23.0. The summed E-state index contributed by atoms with van der Waals surface area (Å²) < 4.78 is 5.23. The van der Waals surface area contributed by atoms with E-state index in [1.807, 2.05) is 77.7 Å². The van der Waals surface area contributed by atoms with Gasteiger partial charge in [-0.3, -0.25) is 9.59 Å². The average Bonchev–Trinajstić information content (AvgIpc) is 2.89. The fourth-order valence-corrected chi connectivity index (χ4v) is 4.08. The predicted octanol–water partition coefficient (Wildman–Crippen LogP) is 3.91. The molecule has 2 amide bonds. The number of hydrogen-bond acceptors (Lipinski definition) is 4.